The Morgan fingerprint density at radius 3 is 2.43 bits per heavy atom. The minimum Gasteiger partial charge on any atom is -0.493 e. The van der Waals surface area contributed by atoms with Crippen molar-refractivity contribution in [1.29, 1.82) is 5.26 Å². The van der Waals surface area contributed by atoms with E-state index in [1.807, 2.05) is 42.5 Å². The van der Waals surface area contributed by atoms with E-state index in [1.54, 1.807) is 18.5 Å². The Balaban J connectivity index is 1.17. The molecule has 6 rings (SSSR count). The van der Waals surface area contributed by atoms with Crippen molar-refractivity contribution in [3.8, 4) is 34.4 Å². The van der Waals surface area contributed by atoms with Gasteiger partial charge in [0.1, 0.15) is 36.5 Å². The number of hydrogen-bond donors (Lipinski definition) is 0. The number of nitriles is 1. The normalized spacial score (nSPS) is 16.8. The van der Waals surface area contributed by atoms with Crippen LogP contribution in [-0.2, 0) is 19.8 Å². The molecular formula is C42H48Cl2N4O3. The van der Waals surface area contributed by atoms with Gasteiger partial charge in [-0.05, 0) is 94.9 Å². The minimum atomic E-state index is 0.230. The van der Waals surface area contributed by atoms with Crippen molar-refractivity contribution in [2.75, 3.05) is 32.8 Å². The molecular weight excluding hydrogens is 679 g/mol. The van der Waals surface area contributed by atoms with Crippen LogP contribution in [0.15, 0.2) is 67.0 Å². The lowest BCUT2D eigenvalue weighted by Crippen LogP contribution is -2.36. The van der Waals surface area contributed by atoms with Crippen molar-refractivity contribution in [2.24, 2.45) is 0 Å². The Labute approximate surface area is 313 Å². The SMILES string of the molecule is Cc1c(OCCCN2CCCCC2)cccc1-c1cccc(COc2cc(OCc3cncc(C#N)c3)c(CN3CCCC[C@H]3C)cc2Cl)c1Cl. The lowest BCUT2D eigenvalue weighted by molar-refractivity contribution is 0.150. The predicted molar refractivity (Wildman–Crippen MR) is 205 cm³/mol. The van der Waals surface area contributed by atoms with Gasteiger partial charge in [0, 0.05) is 59.8 Å². The second kappa shape index (κ2) is 18.1. The third kappa shape index (κ3) is 9.75. The molecule has 0 unspecified atom stereocenters. The van der Waals surface area contributed by atoms with Crippen LogP contribution in [0.5, 0.6) is 17.2 Å². The van der Waals surface area contributed by atoms with Crippen LogP contribution >= 0.6 is 23.2 Å². The molecule has 3 aromatic carbocycles. The first kappa shape index (κ1) is 37.0. The molecule has 0 radical (unpaired) electrons. The van der Waals surface area contributed by atoms with Crippen molar-refractivity contribution in [2.45, 2.75) is 84.6 Å². The molecule has 0 spiro atoms. The second-order valence-electron chi connectivity index (χ2n) is 13.8. The van der Waals surface area contributed by atoms with Gasteiger partial charge in [-0.2, -0.15) is 5.26 Å². The highest BCUT2D eigenvalue weighted by molar-refractivity contribution is 6.34. The summed E-state index contributed by atoms with van der Waals surface area (Å²) >= 11 is 14.0. The summed E-state index contributed by atoms with van der Waals surface area (Å²) in [6.07, 6.45) is 11.8. The van der Waals surface area contributed by atoms with Crippen LogP contribution in [0, 0.1) is 18.3 Å². The molecule has 0 N–H and O–H groups in total. The van der Waals surface area contributed by atoms with Crippen molar-refractivity contribution in [3.05, 3.63) is 105 Å². The van der Waals surface area contributed by atoms with Crippen LogP contribution in [-0.4, -0.2) is 53.6 Å². The number of benzene rings is 3. The van der Waals surface area contributed by atoms with Crippen LogP contribution in [0.3, 0.4) is 0 Å². The van der Waals surface area contributed by atoms with Crippen LogP contribution < -0.4 is 14.2 Å². The second-order valence-corrected chi connectivity index (χ2v) is 14.6. The van der Waals surface area contributed by atoms with Gasteiger partial charge in [-0.25, -0.2) is 0 Å². The first-order chi connectivity index (χ1) is 24.9. The molecule has 0 amide bonds. The maximum atomic E-state index is 9.34. The number of ether oxygens (including phenoxy) is 3. The highest BCUT2D eigenvalue weighted by atomic mass is 35.5. The molecule has 0 aliphatic carbocycles. The van der Waals surface area contributed by atoms with E-state index in [0.29, 0.717) is 39.8 Å². The van der Waals surface area contributed by atoms with E-state index in [4.69, 9.17) is 37.4 Å². The molecule has 268 valence electrons. The molecule has 3 heterocycles. The highest BCUT2D eigenvalue weighted by Gasteiger charge is 2.22. The monoisotopic (exact) mass is 726 g/mol. The van der Waals surface area contributed by atoms with Crippen molar-refractivity contribution >= 4 is 23.2 Å². The first-order valence-electron chi connectivity index (χ1n) is 18.3. The Kier molecular flexibility index (Phi) is 13.1. The van der Waals surface area contributed by atoms with Crippen molar-refractivity contribution in [1.82, 2.24) is 14.8 Å². The molecule has 4 aromatic rings. The molecule has 1 aromatic heterocycles. The molecule has 1 atom stereocenters. The fraction of sp³-hybridized carbons (Fsp3) is 0.429. The molecule has 0 saturated carbocycles. The predicted octanol–water partition coefficient (Wildman–Crippen LogP) is 10.0. The molecule has 0 bridgehead atoms. The van der Waals surface area contributed by atoms with Gasteiger partial charge in [0.15, 0.2) is 0 Å². The number of aromatic nitrogens is 1. The summed E-state index contributed by atoms with van der Waals surface area (Å²) in [5.74, 6) is 2.10. The summed E-state index contributed by atoms with van der Waals surface area (Å²) in [5, 5.41) is 10.5. The van der Waals surface area contributed by atoms with Crippen LogP contribution in [0.25, 0.3) is 11.1 Å². The summed E-state index contributed by atoms with van der Waals surface area (Å²) in [7, 11) is 0. The lowest BCUT2D eigenvalue weighted by Gasteiger charge is -2.33. The number of halogens is 2. The van der Waals surface area contributed by atoms with Crippen LogP contribution in [0.4, 0.5) is 0 Å². The highest BCUT2D eigenvalue weighted by Crippen LogP contribution is 2.39. The molecule has 2 saturated heterocycles. The van der Waals surface area contributed by atoms with E-state index in [-0.39, 0.29) is 13.2 Å². The topological polar surface area (TPSA) is 70.9 Å². The number of nitrogens with zero attached hydrogens (tertiary/aromatic N) is 4. The van der Waals surface area contributed by atoms with E-state index in [0.717, 1.165) is 65.2 Å². The summed E-state index contributed by atoms with van der Waals surface area (Å²) in [6.45, 7) is 10.8. The first-order valence-corrected chi connectivity index (χ1v) is 19.0. The van der Waals surface area contributed by atoms with Gasteiger partial charge in [-0.3, -0.25) is 9.88 Å². The van der Waals surface area contributed by atoms with E-state index in [9.17, 15) is 5.26 Å². The number of hydrogen-bond acceptors (Lipinski definition) is 7. The number of piperidine rings is 2. The van der Waals surface area contributed by atoms with E-state index in [2.05, 4.69) is 40.8 Å². The number of pyridine rings is 1. The summed E-state index contributed by atoms with van der Waals surface area (Å²) in [4.78, 5) is 9.21. The molecule has 51 heavy (non-hydrogen) atoms. The summed E-state index contributed by atoms with van der Waals surface area (Å²) in [5.41, 5.74) is 6.19. The molecule has 7 nitrogen and oxygen atoms in total. The zero-order valence-electron chi connectivity index (χ0n) is 29.8. The van der Waals surface area contributed by atoms with Crippen molar-refractivity contribution < 1.29 is 14.2 Å². The zero-order valence-corrected chi connectivity index (χ0v) is 31.3. The quantitative estimate of drug-likeness (QED) is 0.120. The van der Waals surface area contributed by atoms with E-state index < -0.39 is 0 Å². The minimum absolute atomic E-state index is 0.230. The van der Waals surface area contributed by atoms with Gasteiger partial charge in [-0.1, -0.05) is 66.4 Å². The Hall–Kier alpha value is -3.80. The Bertz CT molecular complexity index is 1820. The van der Waals surface area contributed by atoms with E-state index in [1.165, 1.54) is 51.6 Å². The van der Waals surface area contributed by atoms with E-state index >= 15 is 0 Å². The molecule has 2 fully saturated rings. The fourth-order valence-corrected chi connectivity index (χ4v) is 7.64. The van der Waals surface area contributed by atoms with Gasteiger partial charge in [0.05, 0.1) is 22.2 Å². The smallest absolute Gasteiger partial charge is 0.142 e. The third-order valence-corrected chi connectivity index (χ3v) is 10.9. The summed E-state index contributed by atoms with van der Waals surface area (Å²) in [6, 6.07) is 20.4. The van der Waals surface area contributed by atoms with Gasteiger partial charge < -0.3 is 19.1 Å². The fourth-order valence-electron chi connectivity index (χ4n) is 7.12. The van der Waals surface area contributed by atoms with Gasteiger partial charge in [-0.15, -0.1) is 0 Å². The maximum absolute atomic E-state index is 9.34. The van der Waals surface area contributed by atoms with Gasteiger partial charge in [0.2, 0.25) is 0 Å². The average molecular weight is 728 g/mol. The zero-order chi connectivity index (χ0) is 35.6. The third-order valence-electron chi connectivity index (χ3n) is 10.1. The molecule has 2 aliphatic heterocycles. The number of rotatable bonds is 14. The lowest BCUT2D eigenvalue weighted by atomic mass is 9.98. The van der Waals surface area contributed by atoms with Crippen molar-refractivity contribution in [3.63, 3.8) is 0 Å². The summed E-state index contributed by atoms with van der Waals surface area (Å²) < 4.78 is 19.0. The van der Waals surface area contributed by atoms with Gasteiger partial charge in [0.25, 0.3) is 0 Å². The molecule has 2 aliphatic rings. The average Bonchev–Trinajstić information content (AvgIpc) is 3.15. The standard InChI is InChI=1S/C42H48Cl2N4O3/c1-30-11-4-7-19-48(30)27-35-22-38(43)41(23-40(35)50-28-33-21-32(24-45)25-46-26-33)51-29-34-12-8-14-37(42(34)44)36-13-9-15-39(31(36)2)49-20-10-18-47-16-5-3-6-17-47/h8-9,12-15,21-23,25-26,30H,3-7,10-11,16-20,27-29H2,1-2H3/t30-/m1/s1. The largest absolute Gasteiger partial charge is 0.493 e. The van der Waals surface area contributed by atoms with Crippen LogP contribution in [0.2, 0.25) is 10.0 Å². The Morgan fingerprint density at radius 2 is 1.61 bits per heavy atom. The number of likely N-dealkylation sites (tertiary alicyclic amines) is 2. The maximum Gasteiger partial charge on any atom is 0.142 e. The van der Waals surface area contributed by atoms with Gasteiger partial charge >= 0.3 is 0 Å². The van der Waals surface area contributed by atoms with Crippen LogP contribution in [0.1, 0.15) is 79.7 Å². The molecule has 9 heteroatoms. The Morgan fingerprint density at radius 1 is 0.824 bits per heavy atom.